The average molecular weight is 233 g/mol. The molecule has 0 saturated heterocycles. The van der Waals surface area contributed by atoms with Crippen molar-refractivity contribution < 1.29 is 0 Å². The van der Waals surface area contributed by atoms with Crippen LogP contribution in [0.1, 0.15) is 52.2 Å². The van der Waals surface area contributed by atoms with Gasteiger partial charge < -0.3 is 5.32 Å². The Kier molecular flexibility index (Phi) is 4.37. The molecule has 0 aliphatic heterocycles. The molecule has 0 fully saturated rings. The highest BCUT2D eigenvalue weighted by atomic mass is 14.8. The van der Waals surface area contributed by atoms with E-state index >= 15 is 0 Å². The molecule has 1 rings (SSSR count). The molecule has 0 unspecified atom stereocenters. The predicted molar refractivity (Wildman–Crippen MR) is 76.7 cm³/mol. The van der Waals surface area contributed by atoms with Gasteiger partial charge in [0.25, 0.3) is 0 Å². The van der Waals surface area contributed by atoms with Crippen molar-refractivity contribution in [3.05, 3.63) is 35.4 Å². The first-order valence-electron chi connectivity index (χ1n) is 6.53. The molecule has 0 radical (unpaired) electrons. The SMILES string of the molecule is CNCCC(C)(C)c1ccc(C(C)(C)C)cc1. The summed E-state index contributed by atoms with van der Waals surface area (Å²) < 4.78 is 0. The van der Waals surface area contributed by atoms with Crippen molar-refractivity contribution in [3.8, 4) is 0 Å². The van der Waals surface area contributed by atoms with Crippen molar-refractivity contribution in [2.45, 2.75) is 51.9 Å². The summed E-state index contributed by atoms with van der Waals surface area (Å²) in [6.45, 7) is 12.5. The van der Waals surface area contributed by atoms with E-state index in [1.807, 2.05) is 7.05 Å². The third-order valence-corrected chi connectivity index (χ3v) is 3.53. The van der Waals surface area contributed by atoms with Gasteiger partial charge in [0.2, 0.25) is 0 Å². The second-order valence-electron chi connectivity index (χ2n) is 6.56. The van der Waals surface area contributed by atoms with Crippen LogP contribution in [-0.2, 0) is 10.8 Å². The molecule has 0 heterocycles. The first kappa shape index (κ1) is 14.2. The summed E-state index contributed by atoms with van der Waals surface area (Å²) >= 11 is 0. The zero-order valence-electron chi connectivity index (χ0n) is 12.2. The van der Waals surface area contributed by atoms with E-state index in [0.717, 1.165) is 6.54 Å². The van der Waals surface area contributed by atoms with E-state index in [-0.39, 0.29) is 10.8 Å². The Morgan fingerprint density at radius 2 is 1.35 bits per heavy atom. The van der Waals surface area contributed by atoms with Crippen LogP contribution in [0.3, 0.4) is 0 Å². The lowest BCUT2D eigenvalue weighted by atomic mass is 9.79. The summed E-state index contributed by atoms with van der Waals surface area (Å²) in [5, 5.41) is 3.23. The first-order chi connectivity index (χ1) is 7.77. The lowest BCUT2D eigenvalue weighted by molar-refractivity contribution is 0.468. The van der Waals surface area contributed by atoms with Crippen LogP contribution in [0.5, 0.6) is 0 Å². The van der Waals surface area contributed by atoms with E-state index in [0.29, 0.717) is 0 Å². The molecule has 1 aromatic rings. The van der Waals surface area contributed by atoms with Gasteiger partial charge in [-0.05, 0) is 42.0 Å². The van der Waals surface area contributed by atoms with Gasteiger partial charge in [-0.3, -0.25) is 0 Å². The van der Waals surface area contributed by atoms with Gasteiger partial charge in [0.05, 0.1) is 0 Å². The molecule has 96 valence electrons. The average Bonchev–Trinajstić information content (AvgIpc) is 2.25. The van der Waals surface area contributed by atoms with Crippen LogP contribution in [0.25, 0.3) is 0 Å². The number of rotatable bonds is 4. The molecule has 0 saturated carbocycles. The molecule has 0 aromatic heterocycles. The van der Waals surface area contributed by atoms with Crippen LogP contribution >= 0.6 is 0 Å². The minimum atomic E-state index is 0.244. The fraction of sp³-hybridized carbons (Fsp3) is 0.625. The summed E-state index contributed by atoms with van der Waals surface area (Å²) in [5.74, 6) is 0. The Morgan fingerprint density at radius 3 is 1.76 bits per heavy atom. The highest BCUT2D eigenvalue weighted by molar-refractivity contribution is 5.31. The second-order valence-corrected chi connectivity index (χ2v) is 6.56. The van der Waals surface area contributed by atoms with E-state index in [4.69, 9.17) is 0 Å². The predicted octanol–water partition coefficient (Wildman–Crippen LogP) is 3.87. The highest BCUT2D eigenvalue weighted by Gasteiger charge is 2.21. The Labute approximate surface area is 107 Å². The third kappa shape index (κ3) is 3.85. The van der Waals surface area contributed by atoms with Gasteiger partial charge in [-0.1, -0.05) is 58.9 Å². The molecular weight excluding hydrogens is 206 g/mol. The van der Waals surface area contributed by atoms with Crippen LogP contribution in [0.2, 0.25) is 0 Å². The summed E-state index contributed by atoms with van der Waals surface area (Å²) in [4.78, 5) is 0. The van der Waals surface area contributed by atoms with Crippen LogP contribution in [0.15, 0.2) is 24.3 Å². The molecule has 0 spiro atoms. The molecule has 1 N–H and O–H groups in total. The minimum absolute atomic E-state index is 0.244. The smallest absolute Gasteiger partial charge is 0.00436 e. The maximum Gasteiger partial charge on any atom is -0.00436 e. The van der Waals surface area contributed by atoms with E-state index in [1.165, 1.54) is 17.5 Å². The van der Waals surface area contributed by atoms with Crippen molar-refractivity contribution in [2.24, 2.45) is 0 Å². The van der Waals surface area contributed by atoms with Crippen molar-refractivity contribution in [3.63, 3.8) is 0 Å². The fourth-order valence-electron chi connectivity index (χ4n) is 2.00. The molecule has 1 aromatic carbocycles. The van der Waals surface area contributed by atoms with Crippen LogP contribution < -0.4 is 5.32 Å². The third-order valence-electron chi connectivity index (χ3n) is 3.53. The van der Waals surface area contributed by atoms with Crippen LogP contribution in [-0.4, -0.2) is 13.6 Å². The molecule has 17 heavy (non-hydrogen) atoms. The van der Waals surface area contributed by atoms with Crippen molar-refractivity contribution in [1.29, 1.82) is 0 Å². The van der Waals surface area contributed by atoms with E-state index in [9.17, 15) is 0 Å². The number of nitrogens with one attached hydrogen (secondary N) is 1. The summed E-state index contributed by atoms with van der Waals surface area (Å²) in [7, 11) is 2.01. The van der Waals surface area contributed by atoms with Gasteiger partial charge in [-0.2, -0.15) is 0 Å². The molecular formula is C16H27N. The van der Waals surface area contributed by atoms with Gasteiger partial charge in [-0.25, -0.2) is 0 Å². The van der Waals surface area contributed by atoms with E-state index in [2.05, 4.69) is 64.2 Å². The molecule has 0 amide bonds. The maximum absolute atomic E-state index is 3.23. The van der Waals surface area contributed by atoms with Crippen molar-refractivity contribution in [1.82, 2.24) is 5.32 Å². The van der Waals surface area contributed by atoms with Gasteiger partial charge >= 0.3 is 0 Å². The number of hydrogen-bond acceptors (Lipinski definition) is 1. The molecule has 0 aliphatic rings. The highest BCUT2D eigenvalue weighted by Crippen LogP contribution is 2.29. The summed E-state index contributed by atoms with van der Waals surface area (Å²) in [5.41, 5.74) is 3.33. The minimum Gasteiger partial charge on any atom is -0.320 e. The Bertz CT molecular complexity index is 341. The topological polar surface area (TPSA) is 12.0 Å². The van der Waals surface area contributed by atoms with Crippen molar-refractivity contribution >= 4 is 0 Å². The largest absolute Gasteiger partial charge is 0.320 e. The molecule has 0 aliphatic carbocycles. The maximum atomic E-state index is 3.23. The summed E-state index contributed by atoms with van der Waals surface area (Å²) in [6.07, 6.45) is 1.17. The van der Waals surface area contributed by atoms with Gasteiger partial charge in [0.15, 0.2) is 0 Å². The Hall–Kier alpha value is -0.820. The monoisotopic (exact) mass is 233 g/mol. The normalized spacial score (nSPS) is 12.8. The van der Waals surface area contributed by atoms with Crippen molar-refractivity contribution in [2.75, 3.05) is 13.6 Å². The Balaban J connectivity index is 2.87. The van der Waals surface area contributed by atoms with E-state index < -0.39 is 0 Å². The lowest BCUT2D eigenvalue weighted by Crippen LogP contribution is -2.23. The van der Waals surface area contributed by atoms with Gasteiger partial charge in [0, 0.05) is 0 Å². The number of benzene rings is 1. The fourth-order valence-corrected chi connectivity index (χ4v) is 2.00. The van der Waals surface area contributed by atoms with Crippen LogP contribution in [0.4, 0.5) is 0 Å². The standard InChI is InChI=1S/C16H27N/c1-15(2,3)13-7-9-14(10-8-13)16(4,5)11-12-17-6/h7-10,17H,11-12H2,1-6H3. The lowest BCUT2D eigenvalue weighted by Gasteiger charge is -2.27. The number of hydrogen-bond donors (Lipinski definition) is 1. The van der Waals surface area contributed by atoms with Crippen LogP contribution in [0, 0.1) is 0 Å². The quantitative estimate of drug-likeness (QED) is 0.832. The second kappa shape index (κ2) is 5.22. The van der Waals surface area contributed by atoms with Gasteiger partial charge in [0.1, 0.15) is 0 Å². The van der Waals surface area contributed by atoms with E-state index in [1.54, 1.807) is 0 Å². The zero-order chi connectivity index (χ0) is 13.1. The molecule has 0 atom stereocenters. The molecule has 0 bridgehead atoms. The molecule has 1 heteroatoms. The zero-order valence-corrected chi connectivity index (χ0v) is 12.2. The van der Waals surface area contributed by atoms with Gasteiger partial charge in [-0.15, -0.1) is 0 Å². The molecule has 1 nitrogen and oxygen atoms in total. The summed E-state index contributed by atoms with van der Waals surface area (Å²) in [6, 6.07) is 9.12. The Morgan fingerprint density at radius 1 is 0.882 bits per heavy atom. The first-order valence-corrected chi connectivity index (χ1v) is 6.53.